The molecule has 0 spiro atoms. The lowest BCUT2D eigenvalue weighted by Gasteiger charge is -2.47. The van der Waals surface area contributed by atoms with Crippen LogP contribution in [0, 0.1) is 12.3 Å². The maximum Gasteiger partial charge on any atom is 0.328 e. The second-order valence-corrected chi connectivity index (χ2v) is 25.2. The highest BCUT2D eigenvalue weighted by Crippen LogP contribution is 2.56. The van der Waals surface area contributed by atoms with Crippen LogP contribution < -0.4 is 30.2 Å². The number of methoxy groups -OCH3 is 4. The van der Waals surface area contributed by atoms with Gasteiger partial charge in [0.1, 0.15) is 34.2 Å². The molecule has 0 saturated heterocycles. The zero-order chi connectivity index (χ0) is 52.2. The number of nitrogens with one attached hydrogen (secondary N) is 1. The quantitative estimate of drug-likeness (QED) is 0.0480. The van der Waals surface area contributed by atoms with E-state index in [0.717, 1.165) is 33.4 Å². The lowest BCUT2D eigenvalue weighted by Crippen LogP contribution is -2.52. The normalized spacial score (nSPS) is 17.3. The highest BCUT2D eigenvalue weighted by atomic mass is 28.4. The van der Waals surface area contributed by atoms with Crippen molar-refractivity contribution < 1.29 is 32.8 Å². The van der Waals surface area contributed by atoms with E-state index in [2.05, 4.69) is 63.1 Å². The van der Waals surface area contributed by atoms with Gasteiger partial charge in [-0.15, -0.1) is 0 Å². The molecule has 1 aliphatic carbocycles. The lowest BCUT2D eigenvalue weighted by atomic mass is 9.76. The number of benzene rings is 6. The summed E-state index contributed by atoms with van der Waals surface area (Å²) in [6.07, 6.45) is 1.08. The van der Waals surface area contributed by atoms with Gasteiger partial charge in [0.25, 0.3) is 5.56 Å². The minimum absolute atomic E-state index is 0.0121. The SMILES string of the molecule is C=C1[C@@H](n2cc(C)c(=O)[nH]c2=O)C[C@H](OC(c2ccccc2)(c2ccc(OC)cc2)c2ccc(OC)cc2)[C@]1(COC(c1ccccc1)(c1ccc(OC)cc1)c1ccc(OC)cc1)CO[Si](C)(C)C(C)(C)C. The highest BCUT2D eigenvalue weighted by Gasteiger charge is 2.58. The van der Waals surface area contributed by atoms with Gasteiger partial charge in [-0.25, -0.2) is 4.79 Å². The van der Waals surface area contributed by atoms with E-state index in [4.69, 9.17) is 39.4 Å². The smallest absolute Gasteiger partial charge is 0.328 e. The van der Waals surface area contributed by atoms with Crippen molar-refractivity contribution >= 4 is 8.32 Å². The van der Waals surface area contributed by atoms with Crippen molar-refractivity contribution in [1.29, 1.82) is 0 Å². The second-order valence-electron chi connectivity index (χ2n) is 20.4. The first-order valence-electron chi connectivity index (χ1n) is 24.6. The van der Waals surface area contributed by atoms with Gasteiger partial charge in [-0.1, -0.05) is 137 Å². The molecule has 0 amide bonds. The number of H-pyrrole nitrogens is 1. The third-order valence-corrected chi connectivity index (χ3v) is 19.8. The van der Waals surface area contributed by atoms with Gasteiger partial charge < -0.3 is 32.8 Å². The van der Waals surface area contributed by atoms with Gasteiger partial charge >= 0.3 is 5.69 Å². The summed E-state index contributed by atoms with van der Waals surface area (Å²) < 4.78 is 48.1. The number of aromatic nitrogens is 2. The predicted molar refractivity (Wildman–Crippen MR) is 290 cm³/mol. The average molecular weight is 1000 g/mol. The van der Waals surface area contributed by atoms with E-state index in [-0.39, 0.29) is 24.7 Å². The zero-order valence-corrected chi connectivity index (χ0v) is 44.7. The monoisotopic (exact) mass is 1000 g/mol. The lowest BCUT2D eigenvalue weighted by molar-refractivity contribution is -0.135. The van der Waals surface area contributed by atoms with Crippen LogP contribution in [0.25, 0.3) is 0 Å². The molecule has 0 bridgehead atoms. The Morgan fingerprint density at radius 2 is 0.973 bits per heavy atom. The molecule has 6 aromatic carbocycles. The molecule has 8 rings (SSSR count). The summed E-state index contributed by atoms with van der Waals surface area (Å²) in [6.45, 7) is 17.9. The van der Waals surface area contributed by atoms with E-state index in [9.17, 15) is 9.59 Å². The average Bonchev–Trinajstić information content (AvgIpc) is 3.68. The van der Waals surface area contributed by atoms with Crippen molar-refractivity contribution in [2.75, 3.05) is 41.7 Å². The van der Waals surface area contributed by atoms with Crippen LogP contribution in [0.1, 0.15) is 72.2 Å². The molecular weight excluding hydrogens is 933 g/mol. The van der Waals surface area contributed by atoms with Gasteiger partial charge in [0.05, 0.1) is 52.6 Å². The fourth-order valence-corrected chi connectivity index (χ4v) is 10.9. The molecule has 3 atom stereocenters. The van der Waals surface area contributed by atoms with E-state index < -0.39 is 48.3 Å². The number of aromatic amines is 1. The van der Waals surface area contributed by atoms with Gasteiger partial charge in [0.2, 0.25) is 0 Å². The molecule has 1 aromatic heterocycles. The van der Waals surface area contributed by atoms with Gasteiger partial charge in [-0.05, 0) is 119 Å². The van der Waals surface area contributed by atoms with E-state index >= 15 is 0 Å². The van der Waals surface area contributed by atoms with Gasteiger partial charge in [-0.2, -0.15) is 0 Å². The molecule has 7 aromatic rings. The Morgan fingerprint density at radius 3 is 1.37 bits per heavy atom. The van der Waals surface area contributed by atoms with Crippen LogP contribution >= 0.6 is 0 Å². The predicted octanol–water partition coefficient (Wildman–Crippen LogP) is 11.8. The number of rotatable bonds is 19. The third kappa shape index (κ3) is 9.97. The van der Waals surface area contributed by atoms with Crippen LogP contribution in [0.3, 0.4) is 0 Å². The van der Waals surface area contributed by atoms with Crippen molar-refractivity contribution in [1.82, 2.24) is 9.55 Å². The van der Waals surface area contributed by atoms with Gasteiger partial charge in [0.15, 0.2) is 8.32 Å². The minimum Gasteiger partial charge on any atom is -0.497 e. The molecule has 12 heteroatoms. The Balaban J connectivity index is 1.45. The summed E-state index contributed by atoms with van der Waals surface area (Å²) in [4.78, 5) is 29.9. The molecule has 1 fully saturated rings. The largest absolute Gasteiger partial charge is 0.497 e. The van der Waals surface area contributed by atoms with E-state index in [0.29, 0.717) is 34.1 Å². The van der Waals surface area contributed by atoms with Crippen LogP contribution in [0.4, 0.5) is 0 Å². The molecule has 0 aliphatic heterocycles. The third-order valence-electron chi connectivity index (χ3n) is 15.3. The number of hydrogen-bond acceptors (Lipinski definition) is 9. The fraction of sp³-hybridized carbons (Fsp3) is 0.311. The zero-order valence-electron chi connectivity index (χ0n) is 43.7. The van der Waals surface area contributed by atoms with Crippen molar-refractivity contribution in [3.63, 3.8) is 0 Å². The Kier molecular flexibility index (Phi) is 15.2. The van der Waals surface area contributed by atoms with Gasteiger partial charge in [-0.3, -0.25) is 14.3 Å². The van der Waals surface area contributed by atoms with Crippen LogP contribution in [0.2, 0.25) is 18.1 Å². The summed E-state index contributed by atoms with van der Waals surface area (Å²) in [5.74, 6) is 2.75. The van der Waals surface area contributed by atoms with Crippen LogP contribution in [-0.4, -0.2) is 65.6 Å². The van der Waals surface area contributed by atoms with Crippen molar-refractivity contribution in [3.8, 4) is 23.0 Å². The molecule has 0 unspecified atom stereocenters. The number of aryl methyl sites for hydroxylation is 1. The van der Waals surface area contributed by atoms with Crippen molar-refractivity contribution in [2.24, 2.45) is 5.41 Å². The van der Waals surface area contributed by atoms with E-state index in [1.165, 1.54) is 0 Å². The maximum atomic E-state index is 14.3. The molecule has 380 valence electrons. The van der Waals surface area contributed by atoms with E-state index in [1.54, 1.807) is 46.1 Å². The first kappa shape index (κ1) is 52.4. The van der Waals surface area contributed by atoms with Crippen molar-refractivity contribution in [2.45, 2.75) is 75.6 Å². The first-order valence-corrected chi connectivity index (χ1v) is 27.5. The van der Waals surface area contributed by atoms with Gasteiger partial charge in [0, 0.05) is 18.4 Å². The number of nitrogens with zero attached hydrogens (tertiary/aromatic N) is 1. The number of ether oxygens (including phenoxy) is 6. The second kappa shape index (κ2) is 21.2. The highest BCUT2D eigenvalue weighted by molar-refractivity contribution is 6.74. The summed E-state index contributed by atoms with van der Waals surface area (Å²) in [5, 5.41) is -0.197. The Bertz CT molecular complexity index is 3000. The Morgan fingerprint density at radius 1 is 0.589 bits per heavy atom. The molecule has 0 radical (unpaired) electrons. The molecule has 11 nitrogen and oxygen atoms in total. The van der Waals surface area contributed by atoms with Crippen LogP contribution in [0.15, 0.2) is 186 Å². The van der Waals surface area contributed by atoms with Crippen molar-refractivity contribution in [3.05, 3.63) is 236 Å². The molecular formula is C61H68N2O9Si. The fourth-order valence-electron chi connectivity index (χ4n) is 9.86. The molecule has 1 N–H and O–H groups in total. The summed E-state index contributed by atoms with van der Waals surface area (Å²) >= 11 is 0. The maximum absolute atomic E-state index is 14.3. The molecule has 1 saturated carbocycles. The standard InChI is InChI=1S/C61H68N2O9Si/c1-42-39-63(57(65)62-56(42)64)54-38-55(72-61(45-20-16-13-17-21-45,48-26-34-52(68-8)35-27-48)49-28-36-53(69-9)37-29-49)59(43(54)2,41-71-73(10,11)58(3,4)5)40-70-60(44-18-14-12-15-19-44,46-22-30-50(66-6)31-23-46)47-24-32-51(67-7)33-25-47/h12-37,39,54-55H,2,38,40-41H2,1,3-11H3,(H,62,64,65)/t54-,55-,59+/m0/s1. The Hall–Kier alpha value is -6.96. The van der Waals surface area contributed by atoms with Crippen LogP contribution in [0.5, 0.6) is 23.0 Å². The number of hydrogen-bond donors (Lipinski definition) is 1. The topological polar surface area (TPSA) is 119 Å². The Labute approximate surface area is 430 Å². The minimum atomic E-state index is -2.59. The summed E-state index contributed by atoms with van der Waals surface area (Å²) in [6, 6.07) is 51.4. The van der Waals surface area contributed by atoms with Crippen LogP contribution in [-0.2, 0) is 25.1 Å². The van der Waals surface area contributed by atoms with E-state index in [1.807, 2.05) is 133 Å². The first-order chi connectivity index (χ1) is 35.0. The molecule has 73 heavy (non-hydrogen) atoms. The summed E-state index contributed by atoms with van der Waals surface area (Å²) in [7, 11) is 4.00. The molecule has 1 aliphatic rings. The summed E-state index contributed by atoms with van der Waals surface area (Å²) in [5.41, 5.74) is 1.29. The molecule has 1 heterocycles.